The van der Waals surface area contributed by atoms with Gasteiger partial charge in [-0.15, -0.1) is 12.3 Å². The number of rotatable bonds is 1. The van der Waals surface area contributed by atoms with Crippen LogP contribution in [0.15, 0.2) is 0 Å². The van der Waals surface area contributed by atoms with E-state index in [2.05, 4.69) is 18.2 Å². The first kappa shape index (κ1) is 6.64. The molecule has 0 aromatic rings. The third-order valence-electron chi connectivity index (χ3n) is 2.06. The zero-order valence-corrected chi connectivity index (χ0v) is 5.85. The van der Waals surface area contributed by atoms with E-state index < -0.39 is 0 Å². The summed E-state index contributed by atoms with van der Waals surface area (Å²) in [5, 5.41) is 3.31. The van der Waals surface area contributed by atoms with Crippen LogP contribution in [0.2, 0.25) is 0 Å². The van der Waals surface area contributed by atoms with Gasteiger partial charge in [0.05, 0.1) is 0 Å². The van der Waals surface area contributed by atoms with Crippen molar-refractivity contribution in [3.63, 3.8) is 0 Å². The average molecular weight is 123 g/mol. The van der Waals surface area contributed by atoms with E-state index in [0.717, 1.165) is 31.3 Å². The van der Waals surface area contributed by atoms with Crippen LogP contribution in [0, 0.1) is 24.2 Å². The molecule has 0 amide bonds. The highest BCUT2D eigenvalue weighted by Gasteiger charge is 2.21. The number of nitrogens with one attached hydrogen (secondary N) is 1. The molecular weight excluding hydrogens is 110 g/mol. The second-order valence-electron chi connectivity index (χ2n) is 2.80. The van der Waals surface area contributed by atoms with Gasteiger partial charge in [-0.3, -0.25) is 0 Å². The summed E-state index contributed by atoms with van der Waals surface area (Å²) in [5.74, 6) is 4.21. The third kappa shape index (κ3) is 1.46. The fourth-order valence-electron chi connectivity index (χ4n) is 1.29. The molecule has 50 valence electrons. The molecule has 1 heterocycles. The first-order valence-electron chi connectivity index (χ1n) is 3.48. The second kappa shape index (κ2) is 2.89. The van der Waals surface area contributed by atoms with Crippen LogP contribution in [-0.4, -0.2) is 13.1 Å². The summed E-state index contributed by atoms with van der Waals surface area (Å²) in [6.07, 6.45) is 6.13. The van der Waals surface area contributed by atoms with Crippen molar-refractivity contribution in [2.75, 3.05) is 13.1 Å². The lowest BCUT2D eigenvalue weighted by Gasteiger charge is -2.08. The maximum atomic E-state index is 5.19. The summed E-state index contributed by atoms with van der Waals surface area (Å²) in [7, 11) is 0. The Bertz CT molecular complexity index is 123. The van der Waals surface area contributed by atoms with Gasteiger partial charge in [-0.05, 0) is 24.9 Å². The van der Waals surface area contributed by atoms with Crippen LogP contribution >= 0.6 is 0 Å². The van der Waals surface area contributed by atoms with Crippen LogP contribution < -0.4 is 5.32 Å². The Kier molecular flexibility index (Phi) is 2.13. The SMILES string of the molecule is C#CCC1CNCC1C. The molecular formula is C8H13N. The van der Waals surface area contributed by atoms with Crippen molar-refractivity contribution in [2.45, 2.75) is 13.3 Å². The predicted molar refractivity (Wildman–Crippen MR) is 39.0 cm³/mol. The Hall–Kier alpha value is -0.480. The van der Waals surface area contributed by atoms with Crippen LogP contribution in [0.4, 0.5) is 0 Å². The summed E-state index contributed by atoms with van der Waals surface area (Å²) >= 11 is 0. The van der Waals surface area contributed by atoms with Crippen molar-refractivity contribution >= 4 is 0 Å². The Morgan fingerprint density at radius 1 is 1.67 bits per heavy atom. The van der Waals surface area contributed by atoms with Crippen molar-refractivity contribution in [3.05, 3.63) is 0 Å². The van der Waals surface area contributed by atoms with Gasteiger partial charge in [0.25, 0.3) is 0 Å². The Labute approximate surface area is 56.8 Å². The van der Waals surface area contributed by atoms with Gasteiger partial charge < -0.3 is 5.32 Å². The van der Waals surface area contributed by atoms with Gasteiger partial charge in [0.2, 0.25) is 0 Å². The molecule has 1 heteroatoms. The maximum absolute atomic E-state index is 5.19. The van der Waals surface area contributed by atoms with Crippen LogP contribution in [0.3, 0.4) is 0 Å². The maximum Gasteiger partial charge on any atom is 0.0130 e. The van der Waals surface area contributed by atoms with Crippen molar-refractivity contribution < 1.29 is 0 Å². The van der Waals surface area contributed by atoms with Gasteiger partial charge in [-0.25, -0.2) is 0 Å². The van der Waals surface area contributed by atoms with E-state index in [1.807, 2.05) is 0 Å². The summed E-state index contributed by atoms with van der Waals surface area (Å²) in [6.45, 7) is 4.51. The van der Waals surface area contributed by atoms with Gasteiger partial charge in [-0.2, -0.15) is 0 Å². The minimum Gasteiger partial charge on any atom is -0.316 e. The van der Waals surface area contributed by atoms with Gasteiger partial charge in [0.15, 0.2) is 0 Å². The minimum atomic E-state index is 0.731. The van der Waals surface area contributed by atoms with E-state index in [1.165, 1.54) is 0 Å². The summed E-state index contributed by atoms with van der Waals surface area (Å²) in [4.78, 5) is 0. The van der Waals surface area contributed by atoms with E-state index in [0.29, 0.717) is 0 Å². The molecule has 1 fully saturated rings. The zero-order chi connectivity index (χ0) is 6.69. The molecule has 2 unspecified atom stereocenters. The molecule has 9 heavy (non-hydrogen) atoms. The molecule has 0 spiro atoms. The van der Waals surface area contributed by atoms with Crippen LogP contribution in [0.5, 0.6) is 0 Å². The van der Waals surface area contributed by atoms with Crippen molar-refractivity contribution in [3.8, 4) is 12.3 Å². The molecule has 2 atom stereocenters. The highest BCUT2D eigenvalue weighted by atomic mass is 14.9. The fraction of sp³-hybridized carbons (Fsp3) is 0.750. The largest absolute Gasteiger partial charge is 0.316 e. The monoisotopic (exact) mass is 123 g/mol. The van der Waals surface area contributed by atoms with E-state index in [1.54, 1.807) is 0 Å². The minimum absolute atomic E-state index is 0.731. The fourth-order valence-corrected chi connectivity index (χ4v) is 1.29. The molecule has 1 saturated heterocycles. The molecule has 0 saturated carbocycles. The first-order chi connectivity index (χ1) is 4.34. The lowest BCUT2D eigenvalue weighted by atomic mass is 9.95. The molecule has 1 aliphatic rings. The standard InChI is InChI=1S/C8H13N/c1-3-4-8-6-9-5-7(8)2/h1,7-9H,4-6H2,2H3. The smallest absolute Gasteiger partial charge is 0.0130 e. The molecule has 0 bridgehead atoms. The van der Waals surface area contributed by atoms with E-state index in [4.69, 9.17) is 6.42 Å². The van der Waals surface area contributed by atoms with Gasteiger partial charge in [-0.1, -0.05) is 6.92 Å². The zero-order valence-electron chi connectivity index (χ0n) is 5.85. The average Bonchev–Trinajstić information content (AvgIpc) is 2.18. The lowest BCUT2D eigenvalue weighted by molar-refractivity contribution is 0.464. The van der Waals surface area contributed by atoms with Crippen molar-refractivity contribution in [1.29, 1.82) is 0 Å². The lowest BCUT2D eigenvalue weighted by Crippen LogP contribution is -2.08. The summed E-state index contributed by atoms with van der Waals surface area (Å²) in [6, 6.07) is 0. The summed E-state index contributed by atoms with van der Waals surface area (Å²) < 4.78 is 0. The molecule has 0 aromatic carbocycles. The third-order valence-corrected chi connectivity index (χ3v) is 2.06. The Morgan fingerprint density at radius 2 is 2.44 bits per heavy atom. The number of terminal acetylenes is 1. The molecule has 0 aliphatic carbocycles. The quantitative estimate of drug-likeness (QED) is 0.510. The molecule has 0 aromatic heterocycles. The van der Waals surface area contributed by atoms with Gasteiger partial charge in [0, 0.05) is 6.42 Å². The van der Waals surface area contributed by atoms with Crippen molar-refractivity contribution in [1.82, 2.24) is 5.32 Å². The van der Waals surface area contributed by atoms with E-state index in [-0.39, 0.29) is 0 Å². The molecule has 1 N–H and O–H groups in total. The Balaban J connectivity index is 2.33. The molecule has 1 nitrogen and oxygen atoms in total. The van der Waals surface area contributed by atoms with E-state index >= 15 is 0 Å². The van der Waals surface area contributed by atoms with Crippen LogP contribution in [0.1, 0.15) is 13.3 Å². The van der Waals surface area contributed by atoms with Crippen LogP contribution in [0.25, 0.3) is 0 Å². The van der Waals surface area contributed by atoms with E-state index in [9.17, 15) is 0 Å². The predicted octanol–water partition coefficient (Wildman–Crippen LogP) is 0.865. The first-order valence-corrected chi connectivity index (χ1v) is 3.48. The number of hydrogen-bond acceptors (Lipinski definition) is 1. The molecule has 1 rings (SSSR count). The van der Waals surface area contributed by atoms with Crippen LogP contribution in [-0.2, 0) is 0 Å². The second-order valence-corrected chi connectivity index (χ2v) is 2.80. The highest BCUT2D eigenvalue weighted by molar-refractivity contribution is 4.91. The number of hydrogen-bond donors (Lipinski definition) is 1. The van der Waals surface area contributed by atoms with Gasteiger partial charge >= 0.3 is 0 Å². The topological polar surface area (TPSA) is 12.0 Å². The van der Waals surface area contributed by atoms with Crippen molar-refractivity contribution in [2.24, 2.45) is 11.8 Å². The normalized spacial score (nSPS) is 34.2. The molecule has 1 aliphatic heterocycles. The summed E-state index contributed by atoms with van der Waals surface area (Å²) in [5.41, 5.74) is 0. The Morgan fingerprint density at radius 3 is 2.89 bits per heavy atom. The van der Waals surface area contributed by atoms with Gasteiger partial charge in [0.1, 0.15) is 0 Å². The highest BCUT2D eigenvalue weighted by Crippen LogP contribution is 2.18. The molecule has 0 radical (unpaired) electrons.